The van der Waals surface area contributed by atoms with Crippen LogP contribution in [0, 0.1) is 5.82 Å². The number of aromatic amines is 1. The second-order valence-electron chi connectivity index (χ2n) is 6.26. The van der Waals surface area contributed by atoms with Crippen molar-refractivity contribution in [1.82, 2.24) is 15.2 Å². The fourth-order valence-electron chi connectivity index (χ4n) is 3.06. The number of nitrogens with one attached hydrogen (secondary N) is 2. The summed E-state index contributed by atoms with van der Waals surface area (Å²) in [4.78, 5) is 9.91. The average molecular weight is 347 g/mol. The highest BCUT2D eigenvalue weighted by Crippen LogP contribution is 2.19. The molecule has 25 heavy (non-hydrogen) atoms. The molecule has 1 aliphatic rings. The molecule has 1 fully saturated rings. The molecule has 6 nitrogen and oxygen atoms in total. The van der Waals surface area contributed by atoms with Crippen molar-refractivity contribution >= 4 is 16.9 Å². The van der Waals surface area contributed by atoms with Crippen LogP contribution in [-0.4, -0.2) is 61.8 Å². The van der Waals surface area contributed by atoms with Crippen molar-refractivity contribution in [2.75, 3.05) is 45.9 Å². The van der Waals surface area contributed by atoms with E-state index in [1.807, 2.05) is 6.20 Å². The summed E-state index contributed by atoms with van der Waals surface area (Å²) in [7, 11) is 0. The van der Waals surface area contributed by atoms with E-state index in [1.165, 1.54) is 6.07 Å². The van der Waals surface area contributed by atoms with Crippen molar-refractivity contribution in [2.24, 2.45) is 10.7 Å². The molecule has 136 valence electrons. The molecular weight excluding hydrogens is 321 g/mol. The number of hydrogen-bond acceptors (Lipinski definition) is 3. The van der Waals surface area contributed by atoms with Crippen LogP contribution in [-0.2, 0) is 11.2 Å². The van der Waals surface area contributed by atoms with Crippen molar-refractivity contribution in [3.8, 4) is 0 Å². The Morgan fingerprint density at radius 1 is 1.36 bits per heavy atom. The van der Waals surface area contributed by atoms with Crippen LogP contribution in [0.15, 0.2) is 29.4 Å². The maximum Gasteiger partial charge on any atom is 0.188 e. The molecule has 0 saturated carbocycles. The molecule has 1 aliphatic heterocycles. The summed E-state index contributed by atoms with van der Waals surface area (Å²) in [6.07, 6.45) is 3.67. The van der Waals surface area contributed by atoms with Crippen molar-refractivity contribution in [2.45, 2.75) is 12.8 Å². The lowest BCUT2D eigenvalue weighted by molar-refractivity contribution is 0.0377. The highest BCUT2D eigenvalue weighted by Gasteiger charge is 2.09. The number of benzene rings is 1. The van der Waals surface area contributed by atoms with Crippen LogP contribution in [0.5, 0.6) is 0 Å². The van der Waals surface area contributed by atoms with Gasteiger partial charge >= 0.3 is 0 Å². The van der Waals surface area contributed by atoms with E-state index in [0.29, 0.717) is 19.0 Å². The summed E-state index contributed by atoms with van der Waals surface area (Å²) in [5, 5.41) is 4.04. The molecule has 0 bridgehead atoms. The molecular formula is C18H26FN5O. The molecule has 1 saturated heterocycles. The molecule has 1 aromatic carbocycles. The number of halogens is 1. The van der Waals surface area contributed by atoms with Gasteiger partial charge in [0.1, 0.15) is 5.82 Å². The molecule has 0 aliphatic carbocycles. The highest BCUT2D eigenvalue weighted by atomic mass is 19.1. The van der Waals surface area contributed by atoms with Crippen molar-refractivity contribution in [3.05, 3.63) is 35.8 Å². The number of morpholine rings is 1. The van der Waals surface area contributed by atoms with Crippen molar-refractivity contribution in [1.29, 1.82) is 0 Å². The molecule has 2 aromatic rings. The topological polar surface area (TPSA) is 78.7 Å². The summed E-state index contributed by atoms with van der Waals surface area (Å²) in [6.45, 7) is 6.07. The Morgan fingerprint density at radius 2 is 2.20 bits per heavy atom. The number of guanidine groups is 1. The zero-order chi connectivity index (χ0) is 17.5. The van der Waals surface area contributed by atoms with E-state index in [0.717, 1.165) is 62.2 Å². The Hall–Kier alpha value is -2.12. The lowest BCUT2D eigenvalue weighted by Gasteiger charge is -2.26. The minimum atomic E-state index is -0.220. The summed E-state index contributed by atoms with van der Waals surface area (Å²) in [6, 6.07) is 4.78. The Kier molecular flexibility index (Phi) is 6.25. The van der Waals surface area contributed by atoms with E-state index < -0.39 is 0 Å². The van der Waals surface area contributed by atoms with Gasteiger partial charge in [-0.05, 0) is 36.6 Å². The van der Waals surface area contributed by atoms with Gasteiger partial charge in [-0.15, -0.1) is 0 Å². The number of H-pyrrole nitrogens is 1. The van der Waals surface area contributed by atoms with Gasteiger partial charge in [-0.3, -0.25) is 9.89 Å². The number of nitrogens with two attached hydrogens (primary N) is 1. The smallest absolute Gasteiger partial charge is 0.188 e. The van der Waals surface area contributed by atoms with E-state index in [9.17, 15) is 4.39 Å². The van der Waals surface area contributed by atoms with Crippen molar-refractivity contribution < 1.29 is 9.13 Å². The molecule has 4 N–H and O–H groups in total. The third-order valence-corrected chi connectivity index (χ3v) is 4.45. The number of hydrogen-bond donors (Lipinski definition) is 3. The van der Waals surface area contributed by atoms with Gasteiger partial charge in [0.05, 0.1) is 13.2 Å². The van der Waals surface area contributed by atoms with Gasteiger partial charge in [0.25, 0.3) is 0 Å². The maximum absolute atomic E-state index is 13.4. The quantitative estimate of drug-likeness (QED) is 0.403. The summed E-state index contributed by atoms with van der Waals surface area (Å²) < 4.78 is 18.7. The number of ether oxygens (including phenoxy) is 1. The molecule has 0 unspecified atom stereocenters. The number of nitrogens with zero attached hydrogens (tertiary/aromatic N) is 2. The summed E-state index contributed by atoms with van der Waals surface area (Å²) in [5.74, 6) is 0.246. The molecule has 0 spiro atoms. The van der Waals surface area contributed by atoms with E-state index >= 15 is 0 Å². The number of aromatic nitrogens is 1. The second kappa shape index (κ2) is 8.82. The first kappa shape index (κ1) is 17.7. The predicted molar refractivity (Wildman–Crippen MR) is 98.3 cm³/mol. The second-order valence-corrected chi connectivity index (χ2v) is 6.26. The predicted octanol–water partition coefficient (Wildman–Crippen LogP) is 1.48. The van der Waals surface area contributed by atoms with Gasteiger partial charge in [-0.2, -0.15) is 0 Å². The van der Waals surface area contributed by atoms with E-state index in [4.69, 9.17) is 10.5 Å². The van der Waals surface area contributed by atoms with Crippen LogP contribution >= 0.6 is 0 Å². The fourth-order valence-corrected chi connectivity index (χ4v) is 3.06. The van der Waals surface area contributed by atoms with E-state index in [-0.39, 0.29) is 5.82 Å². The molecule has 3 rings (SSSR count). The Morgan fingerprint density at radius 3 is 3.04 bits per heavy atom. The zero-order valence-corrected chi connectivity index (χ0v) is 14.4. The largest absolute Gasteiger partial charge is 0.379 e. The first-order chi connectivity index (χ1) is 12.2. The Labute approximate surface area is 147 Å². The summed E-state index contributed by atoms with van der Waals surface area (Å²) >= 11 is 0. The zero-order valence-electron chi connectivity index (χ0n) is 14.4. The normalized spacial score (nSPS) is 16.4. The SMILES string of the molecule is NC(=NCCCN1CCOCC1)NCCc1c[nH]c2ccc(F)cc12. The fraction of sp³-hybridized carbons (Fsp3) is 0.500. The lowest BCUT2D eigenvalue weighted by Crippen LogP contribution is -2.37. The minimum Gasteiger partial charge on any atom is -0.379 e. The molecule has 0 atom stereocenters. The van der Waals surface area contributed by atoms with Crippen LogP contribution < -0.4 is 11.1 Å². The number of aliphatic imine (C=N–C) groups is 1. The van der Waals surface area contributed by atoms with E-state index in [1.54, 1.807) is 12.1 Å². The van der Waals surface area contributed by atoms with Gasteiger partial charge in [0.2, 0.25) is 0 Å². The standard InChI is InChI=1S/C18H26FN5O/c19-15-2-3-17-16(12-15)14(13-23-17)4-6-22-18(20)21-5-1-7-24-8-10-25-11-9-24/h2-3,12-13,23H,1,4-11H2,(H3,20,21,22). The third kappa shape index (κ3) is 5.17. The molecule has 7 heteroatoms. The van der Waals surface area contributed by atoms with Crippen molar-refractivity contribution in [3.63, 3.8) is 0 Å². The maximum atomic E-state index is 13.4. The molecule has 1 aromatic heterocycles. The third-order valence-electron chi connectivity index (χ3n) is 4.45. The monoisotopic (exact) mass is 347 g/mol. The van der Waals surface area contributed by atoms with Gasteiger partial charge in [0, 0.05) is 49.8 Å². The lowest BCUT2D eigenvalue weighted by atomic mass is 10.1. The Bertz CT molecular complexity index is 709. The van der Waals surface area contributed by atoms with Crippen LogP contribution in [0.2, 0.25) is 0 Å². The first-order valence-electron chi connectivity index (χ1n) is 8.82. The first-order valence-corrected chi connectivity index (χ1v) is 8.82. The van der Waals surface area contributed by atoms with Gasteiger partial charge in [-0.1, -0.05) is 0 Å². The van der Waals surface area contributed by atoms with Gasteiger partial charge < -0.3 is 20.8 Å². The molecule has 0 amide bonds. The number of rotatable bonds is 7. The minimum absolute atomic E-state index is 0.220. The van der Waals surface area contributed by atoms with E-state index in [2.05, 4.69) is 20.2 Å². The van der Waals surface area contributed by atoms with Gasteiger partial charge in [0.15, 0.2) is 5.96 Å². The average Bonchev–Trinajstić information content (AvgIpc) is 3.02. The molecule has 2 heterocycles. The van der Waals surface area contributed by atoms with Gasteiger partial charge in [-0.25, -0.2) is 4.39 Å². The Balaban J connectivity index is 1.38. The van der Waals surface area contributed by atoms with Crippen LogP contribution in [0.25, 0.3) is 10.9 Å². The summed E-state index contributed by atoms with van der Waals surface area (Å²) in [5.41, 5.74) is 7.92. The number of fused-ring (bicyclic) bond motifs is 1. The van der Waals surface area contributed by atoms with Crippen LogP contribution in [0.3, 0.4) is 0 Å². The molecule has 0 radical (unpaired) electrons. The highest BCUT2D eigenvalue weighted by molar-refractivity contribution is 5.83. The van der Waals surface area contributed by atoms with Crippen LogP contribution in [0.1, 0.15) is 12.0 Å². The van der Waals surface area contributed by atoms with Crippen LogP contribution in [0.4, 0.5) is 4.39 Å².